The van der Waals surface area contributed by atoms with Gasteiger partial charge in [0.15, 0.2) is 0 Å². The quantitative estimate of drug-likeness (QED) is 0.672. The zero-order valence-corrected chi connectivity index (χ0v) is 11.6. The zero-order chi connectivity index (χ0) is 12.4. The van der Waals surface area contributed by atoms with Gasteiger partial charge in [-0.05, 0) is 36.1 Å². The number of benzene rings is 1. The molecular weight excluding hydrogens is 303 g/mol. The first-order chi connectivity index (χ1) is 8.11. The Kier molecular flexibility index (Phi) is 3.93. The van der Waals surface area contributed by atoms with Gasteiger partial charge in [-0.15, -0.1) is 11.3 Å². The van der Waals surface area contributed by atoms with Gasteiger partial charge < -0.3 is 0 Å². The lowest BCUT2D eigenvalue weighted by molar-refractivity contribution is 0.560. The maximum absolute atomic E-state index is 13.9. The topological polar surface area (TPSA) is 38.0 Å². The second-order valence-electron chi connectivity index (χ2n) is 3.76. The minimum atomic E-state index is -0.312. The number of hydrogen-bond acceptors (Lipinski definition) is 3. The van der Waals surface area contributed by atoms with Crippen molar-refractivity contribution in [3.05, 3.63) is 55.9 Å². The van der Waals surface area contributed by atoms with Crippen LogP contribution in [-0.4, -0.2) is 0 Å². The van der Waals surface area contributed by atoms with E-state index < -0.39 is 0 Å². The number of nitrogens with two attached hydrogens (primary N) is 1. The minimum absolute atomic E-state index is 0.272. The molecule has 2 aromatic rings. The van der Waals surface area contributed by atoms with Crippen molar-refractivity contribution in [2.45, 2.75) is 13.0 Å². The summed E-state index contributed by atoms with van der Waals surface area (Å²) in [5.74, 6) is 5.26. The van der Waals surface area contributed by atoms with Crippen LogP contribution in [0.25, 0.3) is 0 Å². The summed E-state index contributed by atoms with van der Waals surface area (Å²) in [4.78, 5) is 1.18. The van der Waals surface area contributed by atoms with Crippen molar-refractivity contribution < 1.29 is 4.39 Å². The fourth-order valence-electron chi connectivity index (χ4n) is 1.72. The number of hydrazine groups is 1. The number of rotatable bonds is 3. The van der Waals surface area contributed by atoms with Crippen LogP contribution in [0.1, 0.15) is 22.0 Å². The molecule has 0 bridgehead atoms. The molecule has 1 aromatic carbocycles. The van der Waals surface area contributed by atoms with Gasteiger partial charge in [0, 0.05) is 14.9 Å². The molecule has 0 radical (unpaired) electrons. The maximum Gasteiger partial charge on any atom is 0.129 e. The Morgan fingerprint density at radius 1 is 1.41 bits per heavy atom. The summed E-state index contributed by atoms with van der Waals surface area (Å²) >= 11 is 4.86. The third kappa shape index (κ3) is 2.74. The van der Waals surface area contributed by atoms with E-state index >= 15 is 0 Å². The largest absolute Gasteiger partial charge is 0.271 e. The van der Waals surface area contributed by atoms with Gasteiger partial charge in [0.2, 0.25) is 0 Å². The first-order valence-electron chi connectivity index (χ1n) is 5.08. The molecule has 0 aliphatic rings. The molecule has 0 saturated heterocycles. The van der Waals surface area contributed by atoms with Crippen molar-refractivity contribution in [1.29, 1.82) is 0 Å². The molecule has 1 aromatic heterocycles. The highest BCUT2D eigenvalue weighted by atomic mass is 79.9. The number of halogens is 2. The molecule has 0 spiro atoms. The van der Waals surface area contributed by atoms with E-state index in [0.29, 0.717) is 5.56 Å². The SMILES string of the molecule is Cc1cc(C(NN)c2ccc(Br)cc2F)cs1. The Morgan fingerprint density at radius 2 is 2.18 bits per heavy atom. The molecule has 0 fully saturated rings. The van der Waals surface area contributed by atoms with Gasteiger partial charge in [0.1, 0.15) is 5.82 Å². The fraction of sp³-hybridized carbons (Fsp3) is 0.167. The second-order valence-corrected chi connectivity index (χ2v) is 5.79. The second kappa shape index (κ2) is 5.27. The van der Waals surface area contributed by atoms with Crippen LogP contribution in [0.15, 0.2) is 34.1 Å². The normalized spacial score (nSPS) is 12.7. The summed E-state index contributed by atoms with van der Waals surface area (Å²) in [6.45, 7) is 2.01. The average molecular weight is 315 g/mol. The summed E-state index contributed by atoms with van der Waals surface area (Å²) in [7, 11) is 0. The number of aryl methyl sites for hydroxylation is 1. The van der Waals surface area contributed by atoms with Crippen LogP contribution in [0.5, 0.6) is 0 Å². The fourth-order valence-corrected chi connectivity index (χ4v) is 2.78. The third-order valence-corrected chi connectivity index (χ3v) is 3.90. The smallest absolute Gasteiger partial charge is 0.129 e. The highest BCUT2D eigenvalue weighted by molar-refractivity contribution is 9.10. The molecule has 17 heavy (non-hydrogen) atoms. The molecule has 1 atom stereocenters. The summed E-state index contributed by atoms with van der Waals surface area (Å²) in [5.41, 5.74) is 4.19. The van der Waals surface area contributed by atoms with Crippen molar-refractivity contribution in [2.24, 2.45) is 5.84 Å². The van der Waals surface area contributed by atoms with E-state index in [-0.39, 0.29) is 11.9 Å². The molecule has 0 aliphatic heterocycles. The lowest BCUT2D eigenvalue weighted by Crippen LogP contribution is -2.29. The van der Waals surface area contributed by atoms with Crippen LogP contribution < -0.4 is 11.3 Å². The van der Waals surface area contributed by atoms with Crippen LogP contribution in [0.3, 0.4) is 0 Å². The van der Waals surface area contributed by atoms with Crippen LogP contribution in [0.2, 0.25) is 0 Å². The number of thiophene rings is 1. The molecule has 1 unspecified atom stereocenters. The van der Waals surface area contributed by atoms with E-state index in [9.17, 15) is 4.39 Å². The van der Waals surface area contributed by atoms with Crippen molar-refractivity contribution in [2.75, 3.05) is 0 Å². The molecule has 1 heterocycles. The van der Waals surface area contributed by atoms with Crippen LogP contribution in [-0.2, 0) is 0 Å². The Labute approximate surface area is 112 Å². The van der Waals surface area contributed by atoms with E-state index in [0.717, 1.165) is 10.0 Å². The van der Waals surface area contributed by atoms with Gasteiger partial charge in [0.05, 0.1) is 6.04 Å². The van der Waals surface area contributed by atoms with Crippen molar-refractivity contribution in [3.8, 4) is 0 Å². The van der Waals surface area contributed by atoms with Gasteiger partial charge in [-0.2, -0.15) is 0 Å². The van der Waals surface area contributed by atoms with Crippen LogP contribution in [0.4, 0.5) is 4.39 Å². The molecule has 0 saturated carbocycles. The van der Waals surface area contributed by atoms with E-state index in [1.807, 2.05) is 24.4 Å². The molecule has 3 N–H and O–H groups in total. The van der Waals surface area contributed by atoms with E-state index in [1.54, 1.807) is 17.4 Å². The highest BCUT2D eigenvalue weighted by Crippen LogP contribution is 2.28. The van der Waals surface area contributed by atoms with Gasteiger partial charge in [-0.1, -0.05) is 22.0 Å². The monoisotopic (exact) mass is 314 g/mol. The predicted octanol–water partition coefficient (Wildman–Crippen LogP) is 3.51. The molecule has 2 rings (SSSR count). The summed E-state index contributed by atoms with van der Waals surface area (Å²) in [6.07, 6.45) is 0. The third-order valence-electron chi connectivity index (χ3n) is 2.52. The molecule has 0 aliphatic carbocycles. The maximum atomic E-state index is 13.9. The zero-order valence-electron chi connectivity index (χ0n) is 9.21. The molecule has 2 nitrogen and oxygen atoms in total. The Balaban J connectivity index is 2.42. The lowest BCUT2D eigenvalue weighted by Gasteiger charge is -2.16. The van der Waals surface area contributed by atoms with Crippen molar-refractivity contribution in [3.63, 3.8) is 0 Å². The Hall–Kier alpha value is -0.750. The minimum Gasteiger partial charge on any atom is -0.271 e. The van der Waals surface area contributed by atoms with Crippen LogP contribution >= 0.6 is 27.3 Å². The number of hydrogen-bond donors (Lipinski definition) is 2. The molecule has 0 amide bonds. The Bertz CT molecular complexity index is 527. The van der Waals surface area contributed by atoms with E-state index in [1.165, 1.54) is 10.9 Å². The first-order valence-corrected chi connectivity index (χ1v) is 6.75. The van der Waals surface area contributed by atoms with Gasteiger partial charge in [-0.3, -0.25) is 5.84 Å². The van der Waals surface area contributed by atoms with Crippen molar-refractivity contribution in [1.82, 2.24) is 5.43 Å². The summed E-state index contributed by atoms with van der Waals surface area (Å²) < 4.78 is 14.6. The van der Waals surface area contributed by atoms with Gasteiger partial charge >= 0.3 is 0 Å². The lowest BCUT2D eigenvalue weighted by atomic mass is 10.0. The summed E-state index contributed by atoms with van der Waals surface area (Å²) in [6, 6.07) is 6.68. The standard InChI is InChI=1S/C12H12BrFN2S/c1-7-4-8(6-17-7)12(16-15)10-3-2-9(13)5-11(10)14/h2-6,12,16H,15H2,1H3. The number of nitrogens with one attached hydrogen (secondary N) is 1. The van der Waals surface area contributed by atoms with E-state index in [4.69, 9.17) is 5.84 Å². The molecule has 90 valence electrons. The molecule has 5 heteroatoms. The van der Waals surface area contributed by atoms with Gasteiger partial charge in [0.25, 0.3) is 0 Å². The van der Waals surface area contributed by atoms with Crippen molar-refractivity contribution >= 4 is 27.3 Å². The summed E-state index contributed by atoms with van der Waals surface area (Å²) in [5, 5.41) is 1.99. The Morgan fingerprint density at radius 3 is 2.71 bits per heavy atom. The predicted molar refractivity (Wildman–Crippen MR) is 72.3 cm³/mol. The average Bonchev–Trinajstić information content (AvgIpc) is 2.69. The molecular formula is C12H12BrFN2S. The van der Waals surface area contributed by atoms with E-state index in [2.05, 4.69) is 21.4 Å². The highest BCUT2D eigenvalue weighted by Gasteiger charge is 2.17. The first kappa shape index (κ1) is 12.7. The van der Waals surface area contributed by atoms with Gasteiger partial charge in [-0.25, -0.2) is 9.82 Å². The van der Waals surface area contributed by atoms with Crippen LogP contribution in [0, 0.1) is 12.7 Å².